The van der Waals surface area contributed by atoms with Crippen LogP contribution in [-0.4, -0.2) is 28.8 Å². The van der Waals surface area contributed by atoms with Crippen LogP contribution in [-0.2, 0) is 9.59 Å². The maximum absolute atomic E-state index is 12.2. The number of rotatable bonds is 4. The Morgan fingerprint density at radius 1 is 1.37 bits per heavy atom. The molecule has 2 atom stereocenters. The quantitative estimate of drug-likeness (QED) is 0.836. The molecule has 1 aliphatic carbocycles. The van der Waals surface area contributed by atoms with Crippen LogP contribution >= 0.6 is 0 Å². The van der Waals surface area contributed by atoms with Crippen molar-refractivity contribution in [3.05, 3.63) is 23.7 Å². The summed E-state index contributed by atoms with van der Waals surface area (Å²) in [6, 6.07) is 3.47. The molecule has 19 heavy (non-hydrogen) atoms. The number of hydrogen-bond donors (Lipinski definition) is 1. The van der Waals surface area contributed by atoms with Gasteiger partial charge in [-0.3, -0.25) is 19.8 Å². The van der Waals surface area contributed by atoms with Gasteiger partial charge in [-0.25, -0.2) is 0 Å². The minimum Gasteiger partial charge on any atom is -0.465 e. The molecule has 0 aromatic carbocycles. The Hall–Kier alpha value is -1.62. The molecule has 1 saturated carbocycles. The van der Waals surface area contributed by atoms with E-state index in [-0.39, 0.29) is 30.3 Å². The van der Waals surface area contributed by atoms with Gasteiger partial charge in [0.25, 0.3) is 0 Å². The molecule has 2 fully saturated rings. The van der Waals surface area contributed by atoms with Crippen LogP contribution < -0.4 is 5.32 Å². The summed E-state index contributed by atoms with van der Waals surface area (Å²) >= 11 is 0. The van der Waals surface area contributed by atoms with Crippen molar-refractivity contribution in [1.29, 1.82) is 0 Å². The van der Waals surface area contributed by atoms with E-state index in [1.807, 2.05) is 26.0 Å². The summed E-state index contributed by atoms with van der Waals surface area (Å²) in [7, 11) is 0. The number of nitrogens with one attached hydrogen (secondary N) is 1. The van der Waals surface area contributed by atoms with Gasteiger partial charge in [0, 0.05) is 6.04 Å². The van der Waals surface area contributed by atoms with Gasteiger partial charge in [-0.15, -0.1) is 0 Å². The fourth-order valence-corrected chi connectivity index (χ4v) is 2.57. The van der Waals surface area contributed by atoms with Crippen molar-refractivity contribution >= 4 is 11.8 Å². The fraction of sp³-hybridized carbons (Fsp3) is 0.571. The molecule has 5 heteroatoms. The van der Waals surface area contributed by atoms with Crippen LogP contribution in [0, 0.1) is 6.92 Å². The minimum atomic E-state index is -0.409. The molecule has 1 saturated heterocycles. The van der Waals surface area contributed by atoms with E-state index in [0.29, 0.717) is 0 Å². The van der Waals surface area contributed by atoms with Crippen molar-refractivity contribution in [3.8, 4) is 0 Å². The van der Waals surface area contributed by atoms with Crippen molar-refractivity contribution in [3.63, 3.8) is 0 Å². The van der Waals surface area contributed by atoms with Gasteiger partial charge in [-0.2, -0.15) is 0 Å². The van der Waals surface area contributed by atoms with E-state index in [4.69, 9.17) is 4.42 Å². The molecule has 102 valence electrons. The lowest BCUT2D eigenvalue weighted by atomic mass is 10.2. The highest BCUT2D eigenvalue weighted by molar-refractivity contribution is 6.06. The predicted molar refractivity (Wildman–Crippen MR) is 68.3 cm³/mol. The average molecular weight is 262 g/mol. The molecule has 0 spiro atoms. The lowest BCUT2D eigenvalue weighted by Crippen LogP contribution is -2.40. The first-order valence-corrected chi connectivity index (χ1v) is 6.74. The van der Waals surface area contributed by atoms with Crippen molar-refractivity contribution in [1.82, 2.24) is 10.2 Å². The van der Waals surface area contributed by atoms with Crippen molar-refractivity contribution < 1.29 is 14.0 Å². The molecular weight excluding hydrogens is 244 g/mol. The maximum atomic E-state index is 12.2. The highest BCUT2D eigenvalue weighted by Crippen LogP contribution is 2.32. The highest BCUT2D eigenvalue weighted by Gasteiger charge is 2.46. The van der Waals surface area contributed by atoms with E-state index < -0.39 is 6.04 Å². The van der Waals surface area contributed by atoms with Crippen LogP contribution in [0.2, 0.25) is 0 Å². The minimum absolute atomic E-state index is 0.0483. The highest BCUT2D eigenvalue weighted by atomic mass is 16.3. The molecule has 3 rings (SSSR count). The Bertz CT molecular complexity index is 519. The lowest BCUT2D eigenvalue weighted by molar-refractivity contribution is -0.139. The molecule has 2 aliphatic rings. The second-order valence-corrected chi connectivity index (χ2v) is 5.43. The predicted octanol–water partition coefficient (Wildman–Crippen LogP) is 1.53. The van der Waals surface area contributed by atoms with Crippen molar-refractivity contribution in [2.24, 2.45) is 0 Å². The zero-order valence-electron chi connectivity index (χ0n) is 11.2. The van der Waals surface area contributed by atoms with Crippen molar-refractivity contribution in [2.45, 2.75) is 51.2 Å². The summed E-state index contributed by atoms with van der Waals surface area (Å²) < 4.78 is 5.53. The zero-order valence-corrected chi connectivity index (χ0v) is 11.2. The van der Waals surface area contributed by atoms with Gasteiger partial charge < -0.3 is 4.42 Å². The van der Waals surface area contributed by atoms with Crippen LogP contribution in [0.25, 0.3) is 0 Å². The molecule has 2 amide bonds. The van der Waals surface area contributed by atoms with Crippen LogP contribution in [0.15, 0.2) is 16.5 Å². The van der Waals surface area contributed by atoms with Crippen LogP contribution in [0.4, 0.5) is 0 Å². The van der Waals surface area contributed by atoms with Crippen molar-refractivity contribution in [2.75, 3.05) is 0 Å². The van der Waals surface area contributed by atoms with Gasteiger partial charge >= 0.3 is 0 Å². The molecule has 1 aromatic heterocycles. The fourth-order valence-electron chi connectivity index (χ4n) is 2.57. The van der Waals surface area contributed by atoms with E-state index in [1.54, 1.807) is 0 Å². The number of aryl methyl sites for hydroxylation is 1. The third-order valence-electron chi connectivity index (χ3n) is 3.73. The Morgan fingerprint density at radius 2 is 2.11 bits per heavy atom. The zero-order chi connectivity index (χ0) is 13.6. The third-order valence-corrected chi connectivity index (χ3v) is 3.73. The Kier molecular flexibility index (Phi) is 2.93. The van der Waals surface area contributed by atoms with E-state index in [2.05, 4.69) is 5.32 Å². The normalized spacial score (nSPS) is 25.2. The number of imide groups is 1. The largest absolute Gasteiger partial charge is 0.465 e. The van der Waals surface area contributed by atoms with Gasteiger partial charge in [0.1, 0.15) is 11.5 Å². The SMILES string of the molecule is Cc1ccc(C(C)NC2CC(=O)N(C3CC3)C2=O)o1. The Morgan fingerprint density at radius 3 is 2.68 bits per heavy atom. The first-order chi connectivity index (χ1) is 9.06. The molecule has 2 unspecified atom stereocenters. The summed E-state index contributed by atoms with van der Waals surface area (Å²) in [6.07, 6.45) is 2.17. The number of carbonyl (C=O) groups excluding carboxylic acids is 2. The maximum Gasteiger partial charge on any atom is 0.247 e. The Labute approximate surface area is 111 Å². The first-order valence-electron chi connectivity index (χ1n) is 6.74. The first kappa shape index (κ1) is 12.4. The molecule has 2 heterocycles. The molecule has 5 nitrogen and oxygen atoms in total. The van der Waals surface area contributed by atoms with Gasteiger partial charge in [-0.05, 0) is 38.8 Å². The molecule has 1 aromatic rings. The van der Waals surface area contributed by atoms with E-state index in [9.17, 15) is 9.59 Å². The standard InChI is InChI=1S/C14H18N2O3/c1-8-3-6-12(19-8)9(2)15-11-7-13(17)16(14(11)18)10-4-5-10/h3,6,9-11,15H,4-5,7H2,1-2H3. The second-order valence-electron chi connectivity index (χ2n) is 5.43. The van der Waals surface area contributed by atoms with E-state index in [1.165, 1.54) is 4.90 Å². The number of nitrogens with zero attached hydrogens (tertiary/aromatic N) is 1. The number of carbonyl (C=O) groups is 2. The van der Waals surface area contributed by atoms with Gasteiger partial charge in [-0.1, -0.05) is 0 Å². The summed E-state index contributed by atoms with van der Waals surface area (Å²) in [5, 5.41) is 3.20. The Balaban J connectivity index is 1.67. The summed E-state index contributed by atoms with van der Waals surface area (Å²) in [6.45, 7) is 3.82. The van der Waals surface area contributed by atoms with Crippen LogP contribution in [0.3, 0.4) is 0 Å². The smallest absolute Gasteiger partial charge is 0.247 e. The molecule has 0 radical (unpaired) electrons. The summed E-state index contributed by atoms with van der Waals surface area (Å²) in [5.74, 6) is 1.51. The molecule has 0 bridgehead atoms. The monoisotopic (exact) mass is 262 g/mol. The molecular formula is C14H18N2O3. The van der Waals surface area contributed by atoms with E-state index in [0.717, 1.165) is 24.4 Å². The summed E-state index contributed by atoms with van der Waals surface area (Å²) in [5.41, 5.74) is 0. The second kappa shape index (κ2) is 4.49. The van der Waals surface area contributed by atoms with Gasteiger partial charge in [0.15, 0.2) is 0 Å². The van der Waals surface area contributed by atoms with Crippen LogP contribution in [0.5, 0.6) is 0 Å². The van der Waals surface area contributed by atoms with E-state index >= 15 is 0 Å². The van der Waals surface area contributed by atoms with Crippen LogP contribution in [0.1, 0.15) is 43.7 Å². The summed E-state index contributed by atoms with van der Waals surface area (Å²) in [4.78, 5) is 25.5. The van der Waals surface area contributed by atoms with Gasteiger partial charge in [0.05, 0.1) is 18.5 Å². The third kappa shape index (κ3) is 2.30. The number of furan rings is 1. The average Bonchev–Trinajstić information content (AvgIpc) is 3.02. The molecule has 1 N–H and O–H groups in total. The number of likely N-dealkylation sites (tertiary alicyclic amines) is 1. The number of amides is 2. The topological polar surface area (TPSA) is 62.6 Å². The molecule has 1 aliphatic heterocycles. The van der Waals surface area contributed by atoms with Gasteiger partial charge in [0.2, 0.25) is 11.8 Å². The lowest BCUT2D eigenvalue weighted by Gasteiger charge is -2.17. The number of hydrogen-bond acceptors (Lipinski definition) is 4.